The van der Waals surface area contributed by atoms with Crippen molar-refractivity contribution in [2.45, 2.75) is 25.9 Å². The summed E-state index contributed by atoms with van der Waals surface area (Å²) in [4.78, 5) is 13.3. The van der Waals surface area contributed by atoms with E-state index in [1.165, 1.54) is 0 Å². The smallest absolute Gasteiger partial charge is 0.231 e. The number of hydrogen-bond acceptors (Lipinski definition) is 3. The number of hydrogen-bond donors (Lipinski definition) is 1. The van der Waals surface area contributed by atoms with Crippen LogP contribution in [0.1, 0.15) is 35.7 Å². The molecule has 4 heteroatoms. The van der Waals surface area contributed by atoms with Gasteiger partial charge < -0.3 is 14.4 Å². The highest BCUT2D eigenvalue weighted by Crippen LogP contribution is 2.32. The van der Waals surface area contributed by atoms with Crippen LogP contribution >= 0.6 is 0 Å². The number of nitrogens with zero attached hydrogens (tertiary/aromatic N) is 1. The van der Waals surface area contributed by atoms with Crippen molar-refractivity contribution >= 4 is 11.6 Å². The molecule has 1 aliphatic rings. The first-order valence-electron chi connectivity index (χ1n) is 6.76. The molecule has 1 aromatic heterocycles. The van der Waals surface area contributed by atoms with Crippen molar-refractivity contribution in [1.29, 1.82) is 0 Å². The highest BCUT2D eigenvalue weighted by atomic mass is 16.4. The van der Waals surface area contributed by atoms with Crippen LogP contribution in [0.15, 0.2) is 34.7 Å². The zero-order valence-corrected chi connectivity index (χ0v) is 11.6. The Morgan fingerprint density at radius 2 is 2.15 bits per heavy atom. The number of carbonyl (C=O) groups is 1. The second-order valence-corrected chi connectivity index (χ2v) is 5.08. The van der Waals surface area contributed by atoms with Gasteiger partial charge in [-0.1, -0.05) is 19.1 Å². The molecule has 3 rings (SSSR count). The predicted octanol–water partition coefficient (Wildman–Crippen LogP) is 2.44. The van der Waals surface area contributed by atoms with Crippen LogP contribution in [0.25, 0.3) is 0 Å². The molecule has 0 radical (unpaired) electrons. The highest BCUT2D eigenvalue weighted by molar-refractivity contribution is 6.00. The molecule has 1 atom stereocenters. The summed E-state index contributed by atoms with van der Waals surface area (Å²) < 4.78 is 5.58. The van der Waals surface area contributed by atoms with Gasteiger partial charge in [0.1, 0.15) is 17.6 Å². The third-order valence-electron chi connectivity index (χ3n) is 3.80. The monoisotopic (exact) mass is 271 g/mol. The molecule has 2 aromatic rings. The number of aliphatic hydroxyl groups excluding tert-OH is 1. The van der Waals surface area contributed by atoms with E-state index in [0.717, 1.165) is 29.0 Å². The lowest BCUT2D eigenvalue weighted by molar-refractivity contribution is -0.117. The van der Waals surface area contributed by atoms with Gasteiger partial charge in [0.15, 0.2) is 0 Å². The largest absolute Gasteiger partial charge is 0.463 e. The molecular formula is C16H17NO3. The average molecular weight is 271 g/mol. The summed E-state index contributed by atoms with van der Waals surface area (Å²) in [7, 11) is 1.77. The number of likely N-dealkylation sites (N-methyl/N-ethyl adjacent to an activating group) is 1. The zero-order chi connectivity index (χ0) is 14.3. The van der Waals surface area contributed by atoms with Gasteiger partial charge in [-0.05, 0) is 29.3 Å². The van der Waals surface area contributed by atoms with Crippen molar-refractivity contribution < 1.29 is 14.3 Å². The average Bonchev–Trinajstić information content (AvgIpc) is 3.04. The van der Waals surface area contributed by atoms with E-state index in [-0.39, 0.29) is 5.91 Å². The molecule has 0 aliphatic carbocycles. The number of amides is 1. The Labute approximate surface area is 117 Å². The number of fused-ring (bicyclic) bond motifs is 1. The number of carbonyl (C=O) groups excluding carboxylic acids is 1. The second kappa shape index (κ2) is 4.80. The first-order chi connectivity index (χ1) is 9.60. The number of furan rings is 1. The number of benzene rings is 1. The summed E-state index contributed by atoms with van der Waals surface area (Å²) in [5.41, 5.74) is 2.62. The van der Waals surface area contributed by atoms with Gasteiger partial charge in [0.05, 0.1) is 6.42 Å². The van der Waals surface area contributed by atoms with Gasteiger partial charge in [0.2, 0.25) is 5.91 Å². The Morgan fingerprint density at radius 1 is 1.35 bits per heavy atom. The molecule has 20 heavy (non-hydrogen) atoms. The molecule has 1 aliphatic heterocycles. The van der Waals surface area contributed by atoms with Crippen LogP contribution in [0.2, 0.25) is 0 Å². The first-order valence-corrected chi connectivity index (χ1v) is 6.76. The molecule has 1 amide bonds. The van der Waals surface area contributed by atoms with Crippen molar-refractivity contribution in [2.24, 2.45) is 0 Å². The molecule has 0 saturated carbocycles. The minimum absolute atomic E-state index is 0.0814. The van der Waals surface area contributed by atoms with Crippen molar-refractivity contribution in [3.8, 4) is 0 Å². The van der Waals surface area contributed by atoms with Gasteiger partial charge >= 0.3 is 0 Å². The van der Waals surface area contributed by atoms with Gasteiger partial charge in [-0.25, -0.2) is 0 Å². The first kappa shape index (κ1) is 12.9. The summed E-state index contributed by atoms with van der Waals surface area (Å²) >= 11 is 0. The molecule has 4 nitrogen and oxygen atoms in total. The van der Waals surface area contributed by atoms with E-state index < -0.39 is 6.10 Å². The van der Waals surface area contributed by atoms with E-state index in [1.54, 1.807) is 18.0 Å². The Hall–Kier alpha value is -2.07. The van der Waals surface area contributed by atoms with Crippen molar-refractivity contribution in [2.75, 3.05) is 11.9 Å². The third kappa shape index (κ3) is 2.02. The maximum Gasteiger partial charge on any atom is 0.231 e. The fraction of sp³-hybridized carbons (Fsp3) is 0.312. The summed E-state index contributed by atoms with van der Waals surface area (Å²) in [6.45, 7) is 2.01. The lowest BCUT2D eigenvalue weighted by atomic mass is 10.0. The molecule has 0 bridgehead atoms. The maximum atomic E-state index is 11.7. The predicted molar refractivity (Wildman–Crippen MR) is 75.7 cm³/mol. The zero-order valence-electron chi connectivity index (χ0n) is 11.6. The Morgan fingerprint density at radius 3 is 2.85 bits per heavy atom. The molecule has 0 spiro atoms. The van der Waals surface area contributed by atoms with Crippen molar-refractivity contribution in [3.63, 3.8) is 0 Å². The van der Waals surface area contributed by atoms with Crippen molar-refractivity contribution in [3.05, 3.63) is 53.0 Å². The Kier molecular flexibility index (Phi) is 3.10. The molecule has 1 N–H and O–H groups in total. The highest BCUT2D eigenvalue weighted by Gasteiger charge is 2.25. The molecule has 0 saturated heterocycles. The van der Waals surface area contributed by atoms with E-state index in [0.29, 0.717) is 12.2 Å². The minimum Gasteiger partial charge on any atom is -0.463 e. The van der Waals surface area contributed by atoms with E-state index in [1.807, 2.05) is 31.2 Å². The third-order valence-corrected chi connectivity index (χ3v) is 3.80. The van der Waals surface area contributed by atoms with E-state index >= 15 is 0 Å². The Balaban J connectivity index is 1.92. The molecule has 0 fully saturated rings. The lowest BCUT2D eigenvalue weighted by Crippen LogP contribution is -2.20. The number of aryl methyl sites for hydroxylation is 1. The van der Waals surface area contributed by atoms with Crippen LogP contribution < -0.4 is 4.90 Å². The maximum absolute atomic E-state index is 11.7. The number of aliphatic hydroxyl groups is 1. The van der Waals surface area contributed by atoms with Gasteiger partial charge in [-0.15, -0.1) is 0 Å². The summed E-state index contributed by atoms with van der Waals surface area (Å²) in [5.74, 6) is 1.48. The molecule has 2 heterocycles. The van der Waals surface area contributed by atoms with Gasteiger partial charge in [-0.3, -0.25) is 4.79 Å². The normalized spacial score (nSPS) is 15.6. The van der Waals surface area contributed by atoms with Crippen LogP contribution in [0.4, 0.5) is 5.69 Å². The van der Waals surface area contributed by atoms with Crippen molar-refractivity contribution in [1.82, 2.24) is 0 Å². The van der Waals surface area contributed by atoms with Crippen LogP contribution in [-0.4, -0.2) is 18.1 Å². The summed E-state index contributed by atoms with van der Waals surface area (Å²) in [5, 5.41) is 10.4. The quantitative estimate of drug-likeness (QED) is 0.933. The van der Waals surface area contributed by atoms with Gasteiger partial charge in [-0.2, -0.15) is 0 Å². The topological polar surface area (TPSA) is 53.7 Å². The standard InChI is InChI=1S/C16H17NO3/c1-3-12-5-7-14(20-12)16(19)10-4-6-13-11(8-10)9-15(18)17(13)2/h4-8,16,19H,3,9H2,1-2H3. The second-order valence-electron chi connectivity index (χ2n) is 5.08. The minimum atomic E-state index is -0.790. The van der Waals surface area contributed by atoms with E-state index in [2.05, 4.69) is 0 Å². The molecular weight excluding hydrogens is 254 g/mol. The SMILES string of the molecule is CCc1ccc(C(O)c2ccc3c(c2)CC(=O)N3C)o1. The van der Waals surface area contributed by atoms with Gasteiger partial charge in [0.25, 0.3) is 0 Å². The van der Waals surface area contributed by atoms with Gasteiger partial charge in [0, 0.05) is 19.2 Å². The Bertz CT molecular complexity index is 659. The molecule has 104 valence electrons. The van der Waals surface area contributed by atoms with E-state index in [4.69, 9.17) is 4.42 Å². The summed E-state index contributed by atoms with van der Waals surface area (Å²) in [6, 6.07) is 9.28. The number of rotatable bonds is 3. The van der Waals surface area contributed by atoms with Crippen LogP contribution in [-0.2, 0) is 17.6 Å². The number of anilines is 1. The summed E-state index contributed by atoms with van der Waals surface area (Å²) in [6.07, 6.45) is 0.405. The van der Waals surface area contributed by atoms with Crippen LogP contribution in [0.5, 0.6) is 0 Å². The fourth-order valence-corrected chi connectivity index (χ4v) is 2.56. The lowest BCUT2D eigenvalue weighted by Gasteiger charge is -2.12. The van der Waals surface area contributed by atoms with Crippen LogP contribution in [0.3, 0.4) is 0 Å². The fourth-order valence-electron chi connectivity index (χ4n) is 2.56. The van der Waals surface area contributed by atoms with Crippen LogP contribution in [0, 0.1) is 0 Å². The van der Waals surface area contributed by atoms with E-state index in [9.17, 15) is 9.90 Å². The molecule has 1 aromatic carbocycles. The molecule has 1 unspecified atom stereocenters.